The molecule has 0 bridgehead atoms. The molecule has 2 heterocycles. The Bertz CT molecular complexity index is 1180. The van der Waals surface area contributed by atoms with Gasteiger partial charge in [0.2, 0.25) is 5.88 Å². The van der Waals surface area contributed by atoms with Gasteiger partial charge in [-0.05, 0) is 17.7 Å². The molecule has 0 spiro atoms. The molecule has 0 unspecified atom stereocenters. The number of nitrogens with zero attached hydrogens (tertiary/aromatic N) is 3. The highest BCUT2D eigenvalue weighted by atomic mass is 35.5. The van der Waals surface area contributed by atoms with Gasteiger partial charge in [-0.1, -0.05) is 29.3 Å². The van der Waals surface area contributed by atoms with Gasteiger partial charge < -0.3 is 25.7 Å². The van der Waals surface area contributed by atoms with Crippen molar-refractivity contribution in [2.45, 2.75) is 6.54 Å². The predicted octanol–water partition coefficient (Wildman–Crippen LogP) is 3.68. The zero-order valence-electron chi connectivity index (χ0n) is 18.3. The normalized spacial score (nSPS) is 12.3. The number of aliphatic imine (C=N–C) groups is 1. The molecular weight excluding hydrogens is 469 g/mol. The van der Waals surface area contributed by atoms with E-state index in [0.29, 0.717) is 62.2 Å². The number of benzene rings is 2. The third kappa shape index (κ3) is 4.84. The molecule has 4 rings (SSSR count). The Balaban J connectivity index is 0.000000252. The first-order valence-electron chi connectivity index (χ1n) is 9.72. The van der Waals surface area contributed by atoms with Crippen LogP contribution in [0.4, 0.5) is 5.69 Å². The highest BCUT2D eigenvalue weighted by Gasteiger charge is 2.19. The molecule has 1 aliphatic rings. The summed E-state index contributed by atoms with van der Waals surface area (Å²) in [6.45, 7) is 1.38. The Kier molecular flexibility index (Phi) is 7.67. The molecule has 0 atom stereocenters. The number of fused-ring (bicyclic) bond motifs is 1. The fourth-order valence-corrected chi connectivity index (χ4v) is 3.95. The molecule has 1 aromatic heterocycles. The first-order valence-corrected chi connectivity index (χ1v) is 10.5. The number of anilines is 1. The van der Waals surface area contributed by atoms with Gasteiger partial charge in [-0.3, -0.25) is 9.79 Å². The number of hydrogen-bond acceptors (Lipinski definition) is 7. The lowest BCUT2D eigenvalue weighted by atomic mass is 10.0. The van der Waals surface area contributed by atoms with Gasteiger partial charge in [-0.15, -0.1) is 0 Å². The van der Waals surface area contributed by atoms with E-state index < -0.39 is 0 Å². The van der Waals surface area contributed by atoms with E-state index in [2.05, 4.69) is 10.1 Å². The summed E-state index contributed by atoms with van der Waals surface area (Å²) in [5.41, 5.74) is 14.8. The minimum Gasteiger partial charge on any atom is -0.495 e. The lowest BCUT2D eigenvalue weighted by Gasteiger charge is -2.16. The second-order valence-corrected chi connectivity index (χ2v) is 7.55. The van der Waals surface area contributed by atoms with Crippen LogP contribution >= 0.6 is 23.2 Å². The van der Waals surface area contributed by atoms with Crippen molar-refractivity contribution in [1.82, 2.24) is 9.78 Å². The van der Waals surface area contributed by atoms with Crippen LogP contribution in [0.25, 0.3) is 11.1 Å². The molecule has 0 amide bonds. The monoisotopic (exact) mass is 491 g/mol. The van der Waals surface area contributed by atoms with E-state index in [4.69, 9.17) is 48.9 Å². The molecule has 0 fully saturated rings. The fourth-order valence-electron chi connectivity index (χ4n) is 3.23. The van der Waals surface area contributed by atoms with Crippen LogP contribution in [0.1, 0.15) is 15.9 Å². The molecule has 0 aliphatic carbocycles. The average molecular weight is 492 g/mol. The first-order chi connectivity index (χ1) is 15.9. The zero-order valence-corrected chi connectivity index (χ0v) is 19.8. The second kappa shape index (κ2) is 10.5. The Morgan fingerprint density at radius 2 is 1.88 bits per heavy atom. The molecule has 4 N–H and O–H groups in total. The second-order valence-electron chi connectivity index (χ2n) is 6.79. The van der Waals surface area contributed by atoms with Crippen LogP contribution in [-0.4, -0.2) is 49.8 Å². The molecule has 0 radical (unpaired) electrons. The number of halogens is 2. The zero-order chi connectivity index (χ0) is 24.1. The van der Waals surface area contributed by atoms with Crippen LogP contribution < -0.4 is 25.7 Å². The van der Waals surface area contributed by atoms with Gasteiger partial charge in [0.1, 0.15) is 23.9 Å². The van der Waals surface area contributed by atoms with E-state index in [0.717, 1.165) is 18.4 Å². The van der Waals surface area contributed by atoms with Crippen molar-refractivity contribution in [3.8, 4) is 28.5 Å². The molecule has 2 aromatic carbocycles. The molecular formula is C22H23Cl2N5O4. The molecule has 11 heteroatoms. The number of hydrogen-bond donors (Lipinski definition) is 2. The van der Waals surface area contributed by atoms with E-state index in [9.17, 15) is 4.79 Å². The number of nitrogens with two attached hydrogens (primary N) is 2. The number of aldehydes is 1. The van der Waals surface area contributed by atoms with E-state index in [1.54, 1.807) is 29.9 Å². The molecule has 0 saturated carbocycles. The number of carbonyl (C=O) groups excluding carboxylic acids is 1. The van der Waals surface area contributed by atoms with Gasteiger partial charge in [0, 0.05) is 29.9 Å². The summed E-state index contributed by atoms with van der Waals surface area (Å²) >= 11 is 12.8. The number of carbonyl (C=O) groups is 1. The standard InChI is InChI=1S/C16H17Cl2N3O2.C6H6N2O2/c1-21-16(20)9-5-4-8(6-10(9)19)13-14(17)11(22-2)7-12(23-3)15(13)18;9-4-5-3-7-8-1-2-10-6(5)8/h4-7H,19H2,1-3H3,(H2,20,21);3-4H,1-2H2. The van der Waals surface area contributed by atoms with Crippen molar-refractivity contribution in [1.29, 1.82) is 0 Å². The van der Waals surface area contributed by atoms with Crippen LogP contribution in [0.5, 0.6) is 17.4 Å². The number of methoxy groups -OCH3 is 2. The van der Waals surface area contributed by atoms with Crippen LogP contribution in [0.2, 0.25) is 10.0 Å². The summed E-state index contributed by atoms with van der Waals surface area (Å²) in [6, 6.07) is 6.95. The maximum Gasteiger partial charge on any atom is 0.222 e. The minimum absolute atomic E-state index is 0.356. The van der Waals surface area contributed by atoms with Crippen molar-refractivity contribution in [2.24, 2.45) is 10.7 Å². The third-order valence-electron chi connectivity index (χ3n) is 4.92. The van der Waals surface area contributed by atoms with Crippen molar-refractivity contribution in [2.75, 3.05) is 33.6 Å². The quantitative estimate of drug-likeness (QED) is 0.241. The molecule has 33 heavy (non-hydrogen) atoms. The van der Waals surface area contributed by atoms with E-state index in [1.807, 2.05) is 6.07 Å². The Hall–Kier alpha value is -3.43. The minimum atomic E-state index is 0.356. The van der Waals surface area contributed by atoms with Crippen LogP contribution in [-0.2, 0) is 6.54 Å². The molecule has 1 aliphatic heterocycles. The van der Waals surface area contributed by atoms with Crippen LogP contribution in [0.15, 0.2) is 35.5 Å². The number of amidine groups is 1. The van der Waals surface area contributed by atoms with Gasteiger partial charge in [-0.2, -0.15) is 5.10 Å². The van der Waals surface area contributed by atoms with E-state index in [-0.39, 0.29) is 0 Å². The fraction of sp³-hybridized carbons (Fsp3) is 0.227. The summed E-state index contributed by atoms with van der Waals surface area (Å²) in [4.78, 5) is 14.2. The summed E-state index contributed by atoms with van der Waals surface area (Å²) in [5, 5.41) is 4.68. The SMILES string of the molecule is CN=C(N)c1ccc(-c2c(Cl)c(OC)cc(OC)c2Cl)cc1N.O=Cc1cnn2c1OCC2. The van der Waals surface area contributed by atoms with Crippen molar-refractivity contribution in [3.05, 3.63) is 51.6 Å². The van der Waals surface area contributed by atoms with Crippen molar-refractivity contribution in [3.63, 3.8) is 0 Å². The van der Waals surface area contributed by atoms with Gasteiger partial charge in [0.15, 0.2) is 6.29 Å². The Morgan fingerprint density at radius 3 is 2.42 bits per heavy atom. The smallest absolute Gasteiger partial charge is 0.222 e. The van der Waals surface area contributed by atoms with Crippen LogP contribution in [0.3, 0.4) is 0 Å². The van der Waals surface area contributed by atoms with Crippen LogP contribution in [0, 0.1) is 0 Å². The van der Waals surface area contributed by atoms with Gasteiger partial charge in [-0.25, -0.2) is 4.68 Å². The number of aromatic nitrogens is 2. The number of nitrogen functional groups attached to an aromatic ring is 1. The van der Waals surface area contributed by atoms with E-state index in [1.165, 1.54) is 20.4 Å². The Labute approximate surface area is 200 Å². The Morgan fingerprint density at radius 1 is 1.21 bits per heavy atom. The topological polar surface area (TPSA) is 127 Å². The third-order valence-corrected chi connectivity index (χ3v) is 5.67. The van der Waals surface area contributed by atoms with Gasteiger partial charge in [0.05, 0.1) is 42.6 Å². The van der Waals surface area contributed by atoms with Gasteiger partial charge >= 0.3 is 0 Å². The van der Waals surface area contributed by atoms with Crippen molar-refractivity contribution >= 4 is 41.0 Å². The summed E-state index contributed by atoms with van der Waals surface area (Å²) in [5.74, 6) is 1.88. The summed E-state index contributed by atoms with van der Waals surface area (Å²) in [6.07, 6.45) is 2.27. The highest BCUT2D eigenvalue weighted by Crippen LogP contribution is 2.46. The molecule has 9 nitrogen and oxygen atoms in total. The summed E-state index contributed by atoms with van der Waals surface area (Å²) in [7, 11) is 4.64. The molecule has 174 valence electrons. The highest BCUT2D eigenvalue weighted by molar-refractivity contribution is 6.41. The van der Waals surface area contributed by atoms with Crippen molar-refractivity contribution < 1.29 is 19.0 Å². The first kappa shape index (κ1) is 24.2. The lowest BCUT2D eigenvalue weighted by molar-refractivity contribution is 0.112. The molecule has 3 aromatic rings. The number of ether oxygens (including phenoxy) is 3. The lowest BCUT2D eigenvalue weighted by Crippen LogP contribution is -2.15. The maximum absolute atomic E-state index is 10.3. The maximum atomic E-state index is 10.3. The number of rotatable bonds is 5. The average Bonchev–Trinajstić information content (AvgIpc) is 3.43. The van der Waals surface area contributed by atoms with E-state index >= 15 is 0 Å². The van der Waals surface area contributed by atoms with Gasteiger partial charge in [0.25, 0.3) is 0 Å². The summed E-state index contributed by atoms with van der Waals surface area (Å²) < 4.78 is 17.4. The predicted molar refractivity (Wildman–Crippen MR) is 129 cm³/mol. The molecule has 0 saturated heterocycles. The largest absolute Gasteiger partial charge is 0.495 e.